The van der Waals surface area contributed by atoms with Crippen LogP contribution in [0.4, 0.5) is 0 Å². The fourth-order valence-corrected chi connectivity index (χ4v) is 6.31. The first kappa shape index (κ1) is 23.9. The summed E-state index contributed by atoms with van der Waals surface area (Å²) in [6.07, 6.45) is 8.16. The molecule has 2 aromatic heterocycles. The second kappa shape index (κ2) is 10.7. The Labute approximate surface area is 194 Å². The van der Waals surface area contributed by atoms with Gasteiger partial charge < -0.3 is 0 Å². The van der Waals surface area contributed by atoms with Crippen LogP contribution in [-0.4, -0.2) is 14.9 Å². The fourth-order valence-electron chi connectivity index (χ4n) is 3.73. The van der Waals surface area contributed by atoms with Crippen LogP contribution in [0.2, 0.25) is 0 Å². The number of thiophene rings is 1. The van der Waals surface area contributed by atoms with Gasteiger partial charge in [-0.1, -0.05) is 59.1 Å². The third-order valence-electron chi connectivity index (χ3n) is 5.36. The predicted molar refractivity (Wildman–Crippen MR) is 136 cm³/mol. The maximum absolute atomic E-state index is 13.0. The molecular formula is C27H35NOS2. The van der Waals surface area contributed by atoms with Gasteiger partial charge in [0.25, 0.3) is 0 Å². The average Bonchev–Trinajstić information content (AvgIpc) is 3.19. The van der Waals surface area contributed by atoms with Crippen molar-refractivity contribution in [1.82, 2.24) is 4.98 Å². The highest BCUT2D eigenvalue weighted by atomic mass is 32.2. The summed E-state index contributed by atoms with van der Waals surface area (Å²) in [5.41, 5.74) is 5.74. The molecule has 3 aromatic rings. The van der Waals surface area contributed by atoms with Crippen LogP contribution in [0.5, 0.6) is 0 Å². The molecule has 1 unspecified atom stereocenters. The second-order valence-corrected chi connectivity index (χ2v) is 11.9. The number of rotatable bonds is 9. The van der Waals surface area contributed by atoms with Crippen LogP contribution in [0.1, 0.15) is 64.5 Å². The number of aryl methyl sites for hydroxylation is 2. The molecule has 0 aliphatic rings. The second-order valence-electron chi connectivity index (χ2n) is 9.55. The van der Waals surface area contributed by atoms with Gasteiger partial charge in [-0.25, -0.2) is 0 Å². The molecule has 166 valence electrons. The Morgan fingerprint density at radius 1 is 1.00 bits per heavy atom. The molecule has 0 spiro atoms. The fraction of sp³-hybridized carbons (Fsp3) is 0.444. The van der Waals surface area contributed by atoms with Crippen LogP contribution in [0.25, 0.3) is 21.7 Å². The third-order valence-corrected chi connectivity index (χ3v) is 8.43. The zero-order chi connectivity index (χ0) is 22.4. The van der Waals surface area contributed by atoms with E-state index in [-0.39, 0.29) is 5.41 Å². The SMILES string of the molecule is CCCCCCc1ccsc1-c1ccnc(-c2ccc(C)c(S(=O)CC(C)(C)C)c2)c1. The molecule has 1 atom stereocenters. The van der Waals surface area contributed by atoms with Crippen LogP contribution in [0.15, 0.2) is 52.9 Å². The number of pyridine rings is 1. The quantitative estimate of drug-likeness (QED) is 0.307. The lowest BCUT2D eigenvalue weighted by Gasteiger charge is -2.18. The van der Waals surface area contributed by atoms with E-state index in [1.54, 1.807) is 0 Å². The van der Waals surface area contributed by atoms with Gasteiger partial charge in [-0.3, -0.25) is 9.19 Å². The topological polar surface area (TPSA) is 30.0 Å². The smallest absolute Gasteiger partial charge is 0.0708 e. The molecule has 0 saturated carbocycles. The molecular weight excluding hydrogens is 418 g/mol. The summed E-state index contributed by atoms with van der Waals surface area (Å²) in [6, 6.07) is 12.8. The van der Waals surface area contributed by atoms with Gasteiger partial charge in [0.05, 0.1) is 16.5 Å². The first-order valence-corrected chi connectivity index (χ1v) is 13.5. The first-order chi connectivity index (χ1) is 14.8. The molecule has 31 heavy (non-hydrogen) atoms. The molecule has 2 heterocycles. The summed E-state index contributed by atoms with van der Waals surface area (Å²) >= 11 is 1.81. The molecule has 4 heteroatoms. The Balaban J connectivity index is 1.87. The standard InChI is InChI=1S/C27H35NOS2/c1-6-7-8-9-10-21-14-16-30-26(21)23-13-15-28-24(17-23)22-12-11-20(2)25(18-22)31(29)19-27(3,4)5/h11-18H,6-10,19H2,1-5H3. The average molecular weight is 454 g/mol. The molecule has 0 saturated heterocycles. The highest BCUT2D eigenvalue weighted by molar-refractivity contribution is 7.85. The number of aromatic nitrogens is 1. The van der Waals surface area contributed by atoms with Crippen molar-refractivity contribution in [1.29, 1.82) is 0 Å². The number of unbranched alkanes of at least 4 members (excludes halogenated alkanes) is 3. The van der Waals surface area contributed by atoms with Gasteiger partial charge in [-0.05, 0) is 71.5 Å². The highest BCUT2D eigenvalue weighted by Gasteiger charge is 2.18. The van der Waals surface area contributed by atoms with Gasteiger partial charge in [0.15, 0.2) is 0 Å². The lowest BCUT2D eigenvalue weighted by Crippen LogP contribution is -2.16. The zero-order valence-electron chi connectivity index (χ0n) is 19.5. The van der Waals surface area contributed by atoms with Crippen molar-refractivity contribution < 1.29 is 4.21 Å². The summed E-state index contributed by atoms with van der Waals surface area (Å²) in [7, 11) is -1.02. The largest absolute Gasteiger partial charge is 0.256 e. The van der Waals surface area contributed by atoms with E-state index < -0.39 is 10.8 Å². The lowest BCUT2D eigenvalue weighted by molar-refractivity contribution is 0.474. The molecule has 0 bridgehead atoms. The van der Waals surface area contributed by atoms with E-state index in [9.17, 15) is 4.21 Å². The van der Waals surface area contributed by atoms with Crippen molar-refractivity contribution in [3.05, 3.63) is 59.1 Å². The number of benzene rings is 1. The Kier molecular flexibility index (Phi) is 8.23. The molecule has 0 radical (unpaired) electrons. The van der Waals surface area contributed by atoms with Crippen LogP contribution < -0.4 is 0 Å². The van der Waals surface area contributed by atoms with E-state index in [1.807, 2.05) is 24.5 Å². The number of hydrogen-bond acceptors (Lipinski definition) is 3. The first-order valence-electron chi connectivity index (χ1n) is 11.3. The third kappa shape index (κ3) is 6.60. The van der Waals surface area contributed by atoms with Gasteiger partial charge >= 0.3 is 0 Å². The summed E-state index contributed by atoms with van der Waals surface area (Å²) < 4.78 is 13.0. The van der Waals surface area contributed by atoms with Crippen LogP contribution in [-0.2, 0) is 17.2 Å². The Bertz CT molecular complexity index is 1030. The monoisotopic (exact) mass is 453 g/mol. The van der Waals surface area contributed by atoms with Crippen LogP contribution >= 0.6 is 11.3 Å². The molecule has 1 aromatic carbocycles. The number of nitrogens with zero attached hydrogens (tertiary/aromatic N) is 1. The summed E-state index contributed by atoms with van der Waals surface area (Å²) in [5, 5.41) is 2.20. The minimum atomic E-state index is -1.02. The Morgan fingerprint density at radius 2 is 1.81 bits per heavy atom. The summed E-state index contributed by atoms with van der Waals surface area (Å²) in [6.45, 7) is 10.7. The van der Waals surface area contributed by atoms with Gasteiger partial charge in [0.2, 0.25) is 0 Å². The number of hydrogen-bond donors (Lipinski definition) is 0. The van der Waals surface area contributed by atoms with E-state index in [4.69, 9.17) is 0 Å². The molecule has 3 rings (SSSR count). The van der Waals surface area contributed by atoms with E-state index >= 15 is 0 Å². The maximum atomic E-state index is 13.0. The molecule has 0 amide bonds. The van der Waals surface area contributed by atoms with Crippen LogP contribution in [0.3, 0.4) is 0 Å². The van der Waals surface area contributed by atoms with Gasteiger partial charge in [0.1, 0.15) is 0 Å². The van der Waals surface area contributed by atoms with Crippen molar-refractivity contribution in [2.75, 3.05) is 5.75 Å². The van der Waals surface area contributed by atoms with Crippen molar-refractivity contribution in [3.63, 3.8) is 0 Å². The summed E-state index contributed by atoms with van der Waals surface area (Å²) in [4.78, 5) is 6.92. The lowest BCUT2D eigenvalue weighted by atomic mass is 10.0. The molecule has 2 nitrogen and oxygen atoms in total. The van der Waals surface area contributed by atoms with Crippen molar-refractivity contribution in [2.24, 2.45) is 5.41 Å². The molecule has 0 aliphatic carbocycles. The summed E-state index contributed by atoms with van der Waals surface area (Å²) in [5.74, 6) is 0.654. The molecule has 0 fully saturated rings. The normalized spacial score (nSPS) is 12.8. The van der Waals surface area contributed by atoms with Crippen molar-refractivity contribution in [3.8, 4) is 21.7 Å². The van der Waals surface area contributed by atoms with E-state index in [0.717, 1.165) is 28.1 Å². The molecule has 0 aliphatic heterocycles. The van der Waals surface area contributed by atoms with E-state index in [2.05, 4.69) is 74.5 Å². The maximum Gasteiger partial charge on any atom is 0.0708 e. The van der Waals surface area contributed by atoms with Gasteiger partial charge in [0, 0.05) is 27.3 Å². The zero-order valence-corrected chi connectivity index (χ0v) is 21.2. The van der Waals surface area contributed by atoms with Gasteiger partial charge in [-0.15, -0.1) is 11.3 Å². The van der Waals surface area contributed by atoms with Crippen LogP contribution in [0, 0.1) is 12.3 Å². The van der Waals surface area contributed by atoms with E-state index in [1.165, 1.54) is 41.7 Å². The van der Waals surface area contributed by atoms with Crippen molar-refractivity contribution in [2.45, 2.75) is 71.6 Å². The highest BCUT2D eigenvalue weighted by Crippen LogP contribution is 2.33. The molecule has 0 N–H and O–H groups in total. The Hall–Kier alpha value is -1.78. The predicted octanol–water partition coefficient (Wildman–Crippen LogP) is 8.06. The van der Waals surface area contributed by atoms with Gasteiger partial charge in [-0.2, -0.15) is 0 Å². The minimum Gasteiger partial charge on any atom is -0.256 e. The van der Waals surface area contributed by atoms with Crippen molar-refractivity contribution >= 4 is 22.1 Å². The Morgan fingerprint density at radius 3 is 2.55 bits per heavy atom. The van der Waals surface area contributed by atoms with E-state index in [0.29, 0.717) is 5.75 Å². The minimum absolute atomic E-state index is 0.0260.